The van der Waals surface area contributed by atoms with E-state index in [-0.39, 0.29) is 11.8 Å². The average Bonchev–Trinajstić information content (AvgIpc) is 2.77. The summed E-state index contributed by atoms with van der Waals surface area (Å²) in [5, 5.41) is 15.2. The van der Waals surface area contributed by atoms with E-state index >= 15 is 0 Å². The fraction of sp³-hybridized carbons (Fsp3) is 0.174. The first-order valence-corrected chi connectivity index (χ1v) is 10.1. The second-order valence-corrected chi connectivity index (χ2v) is 7.73. The minimum absolute atomic E-state index is 0.236. The molecule has 0 unspecified atom stereocenters. The maximum atomic E-state index is 12.7. The second-order valence-electron chi connectivity index (χ2n) is 7.34. The van der Waals surface area contributed by atoms with Gasteiger partial charge in [-0.1, -0.05) is 17.7 Å². The number of amides is 2. The molecule has 1 aliphatic rings. The quantitative estimate of drug-likeness (QED) is 0.592. The molecule has 2 heterocycles. The SMILES string of the molecule is N#Cc1cccc(C(=O)Nc2ccc(C3(NC(=O)c4ccc(Cl)nc4)CCC3)nc2)c1. The van der Waals surface area contributed by atoms with Gasteiger partial charge in [0.15, 0.2) is 0 Å². The van der Waals surface area contributed by atoms with Crippen molar-refractivity contribution in [2.24, 2.45) is 0 Å². The Morgan fingerprint density at radius 3 is 2.45 bits per heavy atom. The van der Waals surface area contributed by atoms with Gasteiger partial charge in [-0.3, -0.25) is 14.6 Å². The predicted molar refractivity (Wildman–Crippen MR) is 116 cm³/mol. The summed E-state index contributed by atoms with van der Waals surface area (Å²) in [6.07, 6.45) is 5.54. The van der Waals surface area contributed by atoms with E-state index in [0.29, 0.717) is 27.5 Å². The fourth-order valence-electron chi connectivity index (χ4n) is 3.46. The van der Waals surface area contributed by atoms with Gasteiger partial charge in [-0.25, -0.2) is 4.98 Å². The number of carbonyl (C=O) groups is 2. The molecule has 0 radical (unpaired) electrons. The van der Waals surface area contributed by atoms with Crippen molar-refractivity contribution in [3.63, 3.8) is 0 Å². The number of nitriles is 1. The molecule has 0 spiro atoms. The van der Waals surface area contributed by atoms with E-state index in [1.165, 1.54) is 12.3 Å². The largest absolute Gasteiger partial charge is 0.341 e. The predicted octanol–water partition coefficient (Wildman–Crippen LogP) is 4.06. The summed E-state index contributed by atoms with van der Waals surface area (Å²) in [4.78, 5) is 33.5. The van der Waals surface area contributed by atoms with Gasteiger partial charge in [-0.15, -0.1) is 0 Å². The Balaban J connectivity index is 1.47. The lowest BCUT2D eigenvalue weighted by molar-refractivity contribution is 0.0816. The summed E-state index contributed by atoms with van der Waals surface area (Å²) >= 11 is 5.79. The fourth-order valence-corrected chi connectivity index (χ4v) is 3.57. The van der Waals surface area contributed by atoms with Crippen LogP contribution >= 0.6 is 11.6 Å². The first kappa shape index (κ1) is 20.5. The van der Waals surface area contributed by atoms with Crippen molar-refractivity contribution in [2.75, 3.05) is 5.32 Å². The number of pyridine rings is 2. The zero-order valence-corrected chi connectivity index (χ0v) is 17.2. The van der Waals surface area contributed by atoms with Crippen LogP contribution in [0.5, 0.6) is 0 Å². The number of halogens is 1. The summed E-state index contributed by atoms with van der Waals surface area (Å²) < 4.78 is 0. The van der Waals surface area contributed by atoms with Gasteiger partial charge in [-0.2, -0.15) is 5.26 Å². The summed E-state index contributed by atoms with van der Waals surface area (Å²) in [5.74, 6) is -0.561. The molecule has 154 valence electrons. The number of aromatic nitrogens is 2. The molecule has 7 nitrogen and oxygen atoms in total. The first-order chi connectivity index (χ1) is 15.0. The molecule has 31 heavy (non-hydrogen) atoms. The van der Waals surface area contributed by atoms with Crippen molar-refractivity contribution in [2.45, 2.75) is 24.8 Å². The van der Waals surface area contributed by atoms with Crippen LogP contribution in [0.4, 0.5) is 5.69 Å². The maximum absolute atomic E-state index is 12.7. The average molecular weight is 432 g/mol. The van der Waals surface area contributed by atoms with Gasteiger partial charge in [0, 0.05) is 11.8 Å². The van der Waals surface area contributed by atoms with Gasteiger partial charge in [-0.05, 0) is 61.7 Å². The molecule has 0 saturated heterocycles. The number of rotatable bonds is 5. The molecule has 2 amide bonds. The zero-order valence-electron chi connectivity index (χ0n) is 16.4. The highest BCUT2D eigenvalue weighted by atomic mass is 35.5. The van der Waals surface area contributed by atoms with E-state index in [4.69, 9.17) is 16.9 Å². The van der Waals surface area contributed by atoms with Gasteiger partial charge in [0.05, 0.1) is 40.3 Å². The minimum atomic E-state index is -0.541. The minimum Gasteiger partial charge on any atom is -0.341 e. The third-order valence-electron chi connectivity index (χ3n) is 5.32. The topological polar surface area (TPSA) is 108 Å². The molecule has 2 aromatic heterocycles. The molecule has 0 atom stereocenters. The van der Waals surface area contributed by atoms with Crippen LogP contribution in [0, 0.1) is 11.3 Å². The van der Waals surface area contributed by atoms with Gasteiger partial charge in [0.25, 0.3) is 11.8 Å². The number of carbonyl (C=O) groups excluding carboxylic acids is 2. The molecule has 8 heteroatoms. The van der Waals surface area contributed by atoms with Crippen molar-refractivity contribution in [1.29, 1.82) is 5.26 Å². The monoisotopic (exact) mass is 431 g/mol. The molecule has 2 N–H and O–H groups in total. The standard InChI is InChI=1S/C23H18ClN5O2/c24-20-8-5-17(13-27-20)22(31)29-23(9-2-10-23)19-7-6-18(14-26-19)28-21(30)16-4-1-3-15(11-16)12-25/h1,3-8,11,13-14H,2,9-10H2,(H,28,30)(H,29,31). The van der Waals surface area contributed by atoms with Crippen LogP contribution in [0.2, 0.25) is 5.15 Å². The molecule has 1 aromatic carbocycles. The smallest absolute Gasteiger partial charge is 0.255 e. The van der Waals surface area contributed by atoms with Crippen LogP contribution in [-0.4, -0.2) is 21.8 Å². The molecule has 3 aromatic rings. The maximum Gasteiger partial charge on any atom is 0.255 e. The summed E-state index contributed by atoms with van der Waals surface area (Å²) in [7, 11) is 0. The van der Waals surface area contributed by atoms with E-state index in [1.807, 2.05) is 6.07 Å². The Morgan fingerprint density at radius 2 is 1.84 bits per heavy atom. The van der Waals surface area contributed by atoms with Crippen molar-refractivity contribution in [3.05, 3.63) is 88.5 Å². The van der Waals surface area contributed by atoms with Crippen molar-refractivity contribution in [1.82, 2.24) is 15.3 Å². The molecular weight excluding hydrogens is 414 g/mol. The van der Waals surface area contributed by atoms with Crippen molar-refractivity contribution in [3.8, 4) is 6.07 Å². The molecule has 0 bridgehead atoms. The van der Waals surface area contributed by atoms with Gasteiger partial charge >= 0.3 is 0 Å². The van der Waals surface area contributed by atoms with Gasteiger partial charge in [0.2, 0.25) is 0 Å². The lowest BCUT2D eigenvalue weighted by Crippen LogP contribution is -2.51. The Hall–Kier alpha value is -3.76. The van der Waals surface area contributed by atoms with E-state index in [2.05, 4.69) is 20.6 Å². The van der Waals surface area contributed by atoms with E-state index in [1.54, 1.807) is 48.7 Å². The summed E-state index contributed by atoms with van der Waals surface area (Å²) in [5.41, 5.74) is 1.96. The number of nitrogens with one attached hydrogen (secondary N) is 2. The van der Waals surface area contributed by atoms with Crippen LogP contribution in [0.25, 0.3) is 0 Å². The van der Waals surface area contributed by atoms with Crippen LogP contribution in [0.3, 0.4) is 0 Å². The molecule has 4 rings (SSSR count). The highest BCUT2D eigenvalue weighted by molar-refractivity contribution is 6.29. The molecule has 0 aliphatic heterocycles. The number of benzene rings is 1. The number of anilines is 1. The van der Waals surface area contributed by atoms with E-state index in [0.717, 1.165) is 25.0 Å². The zero-order chi connectivity index (χ0) is 21.8. The van der Waals surface area contributed by atoms with Crippen LogP contribution < -0.4 is 10.6 Å². The molecule has 1 fully saturated rings. The normalized spacial score (nSPS) is 14.1. The number of hydrogen-bond donors (Lipinski definition) is 2. The van der Waals surface area contributed by atoms with E-state index in [9.17, 15) is 9.59 Å². The molecule has 1 aliphatic carbocycles. The lowest BCUT2D eigenvalue weighted by Gasteiger charge is -2.42. The first-order valence-electron chi connectivity index (χ1n) is 9.71. The van der Waals surface area contributed by atoms with Crippen LogP contribution in [-0.2, 0) is 5.54 Å². The Labute approximate surface area is 184 Å². The van der Waals surface area contributed by atoms with E-state index < -0.39 is 5.54 Å². The summed E-state index contributed by atoms with van der Waals surface area (Å²) in [6, 6.07) is 15.3. The van der Waals surface area contributed by atoms with Crippen molar-refractivity contribution < 1.29 is 9.59 Å². The van der Waals surface area contributed by atoms with Crippen molar-refractivity contribution >= 4 is 29.1 Å². The highest BCUT2D eigenvalue weighted by Crippen LogP contribution is 2.40. The Bertz CT molecular complexity index is 1170. The van der Waals surface area contributed by atoms with Crippen LogP contribution in [0.1, 0.15) is 51.2 Å². The van der Waals surface area contributed by atoms with Gasteiger partial charge in [0.1, 0.15) is 5.15 Å². The Morgan fingerprint density at radius 1 is 1.00 bits per heavy atom. The lowest BCUT2D eigenvalue weighted by atomic mass is 9.74. The van der Waals surface area contributed by atoms with Crippen LogP contribution in [0.15, 0.2) is 60.9 Å². The number of nitrogens with zero attached hydrogens (tertiary/aromatic N) is 3. The molecular formula is C23H18ClN5O2. The van der Waals surface area contributed by atoms with Gasteiger partial charge < -0.3 is 10.6 Å². The second kappa shape index (κ2) is 8.54. The third kappa shape index (κ3) is 4.39. The third-order valence-corrected chi connectivity index (χ3v) is 5.54. The summed E-state index contributed by atoms with van der Waals surface area (Å²) in [6.45, 7) is 0. The number of hydrogen-bond acceptors (Lipinski definition) is 5. The molecule has 1 saturated carbocycles. The Kier molecular flexibility index (Phi) is 5.65. The highest BCUT2D eigenvalue weighted by Gasteiger charge is 2.41.